The third kappa shape index (κ3) is 5.45. The number of ether oxygens (including phenoxy) is 1. The molecule has 0 saturated carbocycles. The van der Waals surface area contributed by atoms with Crippen LogP contribution in [0.25, 0.3) is 10.9 Å². The average molecular weight is 383 g/mol. The standard InChI is InChI=1S/C18H26N4O3.ClH/c1-21(2)17(23)12-22(8-9-25-3)18(24)15(19)10-13-11-20-16-7-5-4-6-14(13)16;/h4-7,11,15,20H,8-10,12,19H2,1-3H3;1H/t15-;/m0./s1. The molecule has 0 unspecified atom stereocenters. The molecule has 2 amide bonds. The molecular weight excluding hydrogens is 356 g/mol. The zero-order valence-electron chi connectivity index (χ0n) is 15.4. The lowest BCUT2D eigenvalue weighted by atomic mass is 10.0. The van der Waals surface area contributed by atoms with Crippen molar-refractivity contribution < 1.29 is 14.3 Å². The summed E-state index contributed by atoms with van der Waals surface area (Å²) in [6.45, 7) is 0.680. The number of nitrogens with one attached hydrogen (secondary N) is 1. The molecule has 0 aliphatic rings. The van der Waals surface area contributed by atoms with Crippen molar-refractivity contribution in [1.29, 1.82) is 0 Å². The third-order valence-electron chi connectivity index (χ3n) is 4.13. The summed E-state index contributed by atoms with van der Waals surface area (Å²) in [6, 6.07) is 7.16. The van der Waals surface area contributed by atoms with Crippen LogP contribution in [0.3, 0.4) is 0 Å². The van der Waals surface area contributed by atoms with Crippen molar-refractivity contribution in [2.24, 2.45) is 5.73 Å². The second-order valence-electron chi connectivity index (χ2n) is 6.21. The largest absolute Gasteiger partial charge is 0.383 e. The monoisotopic (exact) mass is 382 g/mol. The number of aromatic nitrogens is 1. The van der Waals surface area contributed by atoms with Crippen molar-refractivity contribution in [3.63, 3.8) is 0 Å². The molecular formula is C18H27ClN4O3. The molecule has 0 saturated heterocycles. The van der Waals surface area contributed by atoms with E-state index in [0.29, 0.717) is 19.6 Å². The van der Waals surface area contributed by atoms with Gasteiger partial charge >= 0.3 is 0 Å². The molecule has 0 aliphatic heterocycles. The number of nitrogens with two attached hydrogens (primary N) is 1. The number of nitrogens with zero attached hydrogens (tertiary/aromatic N) is 2. The van der Waals surface area contributed by atoms with Crippen LogP contribution in [0.15, 0.2) is 30.5 Å². The van der Waals surface area contributed by atoms with E-state index in [1.54, 1.807) is 21.2 Å². The Labute approximate surface area is 159 Å². The van der Waals surface area contributed by atoms with Gasteiger partial charge in [-0.25, -0.2) is 0 Å². The number of para-hydroxylation sites is 1. The molecule has 8 heteroatoms. The molecule has 0 aliphatic carbocycles. The van der Waals surface area contributed by atoms with Crippen molar-refractivity contribution in [1.82, 2.24) is 14.8 Å². The number of halogens is 1. The van der Waals surface area contributed by atoms with Crippen molar-refractivity contribution >= 4 is 35.1 Å². The minimum atomic E-state index is -0.717. The highest BCUT2D eigenvalue weighted by Gasteiger charge is 2.24. The van der Waals surface area contributed by atoms with E-state index >= 15 is 0 Å². The molecule has 0 bridgehead atoms. The number of likely N-dealkylation sites (N-methyl/N-ethyl adjacent to an activating group) is 1. The van der Waals surface area contributed by atoms with E-state index in [1.807, 2.05) is 30.5 Å². The fourth-order valence-corrected chi connectivity index (χ4v) is 2.63. The number of hydrogen-bond acceptors (Lipinski definition) is 4. The van der Waals surface area contributed by atoms with Gasteiger partial charge < -0.3 is 25.3 Å². The van der Waals surface area contributed by atoms with Gasteiger partial charge in [-0.15, -0.1) is 12.4 Å². The quantitative estimate of drug-likeness (QED) is 0.713. The first-order valence-corrected chi connectivity index (χ1v) is 8.22. The number of carbonyl (C=O) groups is 2. The Morgan fingerprint density at radius 2 is 1.96 bits per heavy atom. The highest BCUT2D eigenvalue weighted by atomic mass is 35.5. The van der Waals surface area contributed by atoms with Crippen LogP contribution in [0.1, 0.15) is 5.56 Å². The van der Waals surface area contributed by atoms with E-state index in [0.717, 1.165) is 16.5 Å². The van der Waals surface area contributed by atoms with Gasteiger partial charge in [0.25, 0.3) is 0 Å². The van der Waals surface area contributed by atoms with E-state index in [2.05, 4.69) is 4.98 Å². The summed E-state index contributed by atoms with van der Waals surface area (Å²) < 4.78 is 5.04. The maximum atomic E-state index is 12.7. The first-order chi connectivity index (χ1) is 11.9. The van der Waals surface area contributed by atoms with Crippen LogP contribution in [-0.2, 0) is 20.7 Å². The first-order valence-electron chi connectivity index (χ1n) is 8.22. The van der Waals surface area contributed by atoms with Crippen molar-refractivity contribution in [3.05, 3.63) is 36.0 Å². The van der Waals surface area contributed by atoms with Gasteiger partial charge in [0.1, 0.15) is 0 Å². The Balaban J connectivity index is 0.00000338. The van der Waals surface area contributed by atoms with E-state index in [1.165, 1.54) is 9.80 Å². The molecule has 144 valence electrons. The number of fused-ring (bicyclic) bond motifs is 1. The van der Waals surface area contributed by atoms with Crippen molar-refractivity contribution in [2.45, 2.75) is 12.5 Å². The zero-order chi connectivity index (χ0) is 18.4. The summed E-state index contributed by atoms with van der Waals surface area (Å²) >= 11 is 0. The summed E-state index contributed by atoms with van der Waals surface area (Å²) in [6.07, 6.45) is 2.28. The second-order valence-corrected chi connectivity index (χ2v) is 6.21. The Morgan fingerprint density at radius 3 is 2.62 bits per heavy atom. The topological polar surface area (TPSA) is 91.7 Å². The molecule has 2 aromatic rings. The SMILES string of the molecule is COCCN(CC(=O)N(C)C)C(=O)[C@@H](N)Cc1c[nH]c2ccccc12.Cl. The predicted octanol–water partition coefficient (Wildman–Crippen LogP) is 1.02. The van der Waals surface area contributed by atoms with Gasteiger partial charge in [0.05, 0.1) is 19.2 Å². The fraction of sp³-hybridized carbons (Fsp3) is 0.444. The Bertz CT molecular complexity index is 732. The molecule has 0 radical (unpaired) electrons. The molecule has 2 rings (SSSR count). The molecule has 7 nitrogen and oxygen atoms in total. The van der Waals surface area contributed by atoms with E-state index < -0.39 is 6.04 Å². The van der Waals surface area contributed by atoms with E-state index in [9.17, 15) is 9.59 Å². The summed E-state index contributed by atoms with van der Waals surface area (Å²) in [4.78, 5) is 30.8. The van der Waals surface area contributed by atoms with E-state index in [-0.39, 0.29) is 30.8 Å². The zero-order valence-corrected chi connectivity index (χ0v) is 16.2. The minimum absolute atomic E-state index is 0. The summed E-state index contributed by atoms with van der Waals surface area (Å²) in [7, 11) is 4.88. The average Bonchev–Trinajstić information content (AvgIpc) is 3.00. The third-order valence-corrected chi connectivity index (χ3v) is 4.13. The molecule has 1 heterocycles. The van der Waals surface area contributed by atoms with Crippen LogP contribution in [0.2, 0.25) is 0 Å². The van der Waals surface area contributed by atoms with Crippen LogP contribution < -0.4 is 5.73 Å². The predicted molar refractivity (Wildman–Crippen MR) is 104 cm³/mol. The smallest absolute Gasteiger partial charge is 0.241 e. The van der Waals surface area contributed by atoms with E-state index in [4.69, 9.17) is 10.5 Å². The number of aromatic amines is 1. The number of hydrogen-bond donors (Lipinski definition) is 2. The summed E-state index contributed by atoms with van der Waals surface area (Å²) in [5.74, 6) is -0.402. The molecule has 3 N–H and O–H groups in total. The number of H-pyrrole nitrogens is 1. The molecule has 0 fully saturated rings. The Hall–Kier alpha value is -2.09. The Morgan fingerprint density at radius 1 is 1.27 bits per heavy atom. The lowest BCUT2D eigenvalue weighted by molar-refractivity contribution is -0.140. The van der Waals surface area contributed by atoms with Gasteiger partial charge in [-0.05, 0) is 18.1 Å². The highest BCUT2D eigenvalue weighted by Crippen LogP contribution is 2.19. The number of amides is 2. The lowest BCUT2D eigenvalue weighted by Crippen LogP contribution is -2.49. The highest BCUT2D eigenvalue weighted by molar-refractivity contribution is 5.89. The van der Waals surface area contributed by atoms with Crippen LogP contribution in [0.5, 0.6) is 0 Å². The molecule has 26 heavy (non-hydrogen) atoms. The molecule has 1 atom stereocenters. The van der Waals surface area contributed by atoms with Gasteiger partial charge in [-0.2, -0.15) is 0 Å². The molecule has 1 aromatic carbocycles. The van der Waals surface area contributed by atoms with Crippen LogP contribution in [0.4, 0.5) is 0 Å². The number of methoxy groups -OCH3 is 1. The van der Waals surface area contributed by atoms with Gasteiger partial charge in [0.15, 0.2) is 0 Å². The normalized spacial score (nSPS) is 11.7. The number of benzene rings is 1. The van der Waals surface area contributed by atoms with Crippen LogP contribution >= 0.6 is 12.4 Å². The maximum Gasteiger partial charge on any atom is 0.241 e. The van der Waals surface area contributed by atoms with Gasteiger partial charge in [0, 0.05) is 44.8 Å². The Kier molecular flexibility index (Phi) is 8.57. The fourth-order valence-electron chi connectivity index (χ4n) is 2.63. The van der Waals surface area contributed by atoms with Crippen LogP contribution in [-0.4, -0.2) is 73.5 Å². The lowest BCUT2D eigenvalue weighted by Gasteiger charge is -2.26. The number of rotatable bonds is 8. The maximum absolute atomic E-state index is 12.7. The molecule has 1 aromatic heterocycles. The number of carbonyl (C=O) groups excluding carboxylic acids is 2. The molecule has 0 spiro atoms. The first kappa shape index (κ1) is 22.0. The van der Waals surface area contributed by atoms with Gasteiger partial charge in [0.2, 0.25) is 11.8 Å². The second kappa shape index (κ2) is 10.2. The van der Waals surface area contributed by atoms with Crippen molar-refractivity contribution in [2.75, 3.05) is 40.9 Å². The van der Waals surface area contributed by atoms with Crippen molar-refractivity contribution in [3.8, 4) is 0 Å². The van der Waals surface area contributed by atoms with Gasteiger partial charge in [-0.3, -0.25) is 9.59 Å². The van der Waals surface area contributed by atoms with Gasteiger partial charge in [-0.1, -0.05) is 18.2 Å². The van der Waals surface area contributed by atoms with Crippen LogP contribution in [0, 0.1) is 0 Å². The summed E-state index contributed by atoms with van der Waals surface area (Å²) in [5, 5.41) is 1.05. The summed E-state index contributed by atoms with van der Waals surface area (Å²) in [5.41, 5.74) is 8.15. The minimum Gasteiger partial charge on any atom is -0.383 e.